The van der Waals surface area contributed by atoms with Gasteiger partial charge in [0.05, 0.1) is 0 Å². The molecule has 0 aromatic carbocycles. The lowest BCUT2D eigenvalue weighted by molar-refractivity contribution is 0.116. The van der Waals surface area contributed by atoms with E-state index in [4.69, 9.17) is 0 Å². The number of hydrogen-bond acceptors (Lipinski definition) is 4. The lowest BCUT2D eigenvalue weighted by atomic mass is 9.92. The number of nitrogens with zero attached hydrogens (tertiary/aromatic N) is 3. The number of aromatic nitrogens is 2. The third-order valence-corrected chi connectivity index (χ3v) is 6.14. The van der Waals surface area contributed by atoms with Gasteiger partial charge in [0.25, 0.3) is 0 Å². The molecule has 1 aromatic rings. The zero-order valence-corrected chi connectivity index (χ0v) is 14.9. The predicted octanol–water partition coefficient (Wildman–Crippen LogP) is 3.28. The lowest BCUT2D eigenvalue weighted by Gasteiger charge is -2.39. The smallest absolute Gasteiger partial charge is 0.131 e. The maximum absolute atomic E-state index is 4.52. The summed E-state index contributed by atoms with van der Waals surface area (Å²) in [7, 11) is 0. The van der Waals surface area contributed by atoms with Crippen molar-refractivity contribution in [1.29, 1.82) is 0 Å². The number of likely N-dealkylation sites (tertiary alicyclic amines) is 1. The fourth-order valence-corrected chi connectivity index (χ4v) is 4.38. The molecule has 3 fully saturated rings. The highest BCUT2D eigenvalue weighted by molar-refractivity contribution is 5.11. The Balaban J connectivity index is 1.15. The molecule has 2 heterocycles. The molecule has 0 radical (unpaired) electrons. The number of hydrogen-bond donors (Lipinski definition) is 1. The van der Waals surface area contributed by atoms with Crippen LogP contribution in [0.25, 0.3) is 0 Å². The molecule has 1 aliphatic heterocycles. The van der Waals surface area contributed by atoms with Crippen molar-refractivity contribution in [2.45, 2.75) is 82.2 Å². The molecule has 4 nitrogen and oxygen atoms in total. The van der Waals surface area contributed by atoms with Crippen molar-refractivity contribution in [2.75, 3.05) is 19.6 Å². The Bertz CT molecular complexity index is 497. The largest absolute Gasteiger partial charge is 0.314 e. The van der Waals surface area contributed by atoms with Crippen LogP contribution in [-0.2, 0) is 6.42 Å². The second kappa shape index (κ2) is 7.92. The standard InChI is InChI=1S/C20H32N4/c1-2-4-19(5-3-1)24-12-9-18(10-13-24)21-11-8-16-14-22-20(23-15-16)17-6-7-17/h14-15,17-19,21H,1-13H2. The van der Waals surface area contributed by atoms with E-state index in [1.165, 1.54) is 76.4 Å². The fourth-order valence-electron chi connectivity index (χ4n) is 4.38. The van der Waals surface area contributed by atoms with E-state index in [1.54, 1.807) is 0 Å². The van der Waals surface area contributed by atoms with Gasteiger partial charge in [-0.1, -0.05) is 19.3 Å². The van der Waals surface area contributed by atoms with Crippen LogP contribution in [0.4, 0.5) is 0 Å². The SMILES string of the molecule is c1nc(C2CC2)ncc1CCNC1CCN(C2CCCCC2)CC1. The number of nitrogens with one attached hydrogen (secondary N) is 1. The monoisotopic (exact) mass is 328 g/mol. The molecule has 24 heavy (non-hydrogen) atoms. The quantitative estimate of drug-likeness (QED) is 0.870. The van der Waals surface area contributed by atoms with Crippen LogP contribution in [0.2, 0.25) is 0 Å². The Labute approximate surface area is 146 Å². The fraction of sp³-hybridized carbons (Fsp3) is 0.800. The van der Waals surface area contributed by atoms with Crippen molar-refractivity contribution in [3.63, 3.8) is 0 Å². The zero-order chi connectivity index (χ0) is 16.2. The molecule has 132 valence electrons. The summed E-state index contributed by atoms with van der Waals surface area (Å²) < 4.78 is 0. The molecule has 2 aliphatic carbocycles. The highest BCUT2D eigenvalue weighted by Gasteiger charge is 2.27. The molecule has 0 unspecified atom stereocenters. The van der Waals surface area contributed by atoms with E-state index in [0.29, 0.717) is 12.0 Å². The Hall–Kier alpha value is -1.00. The first-order chi connectivity index (χ1) is 11.9. The molecule has 0 spiro atoms. The van der Waals surface area contributed by atoms with Crippen molar-refractivity contribution in [2.24, 2.45) is 0 Å². The average molecular weight is 329 g/mol. The van der Waals surface area contributed by atoms with Crippen LogP contribution in [-0.4, -0.2) is 46.6 Å². The van der Waals surface area contributed by atoms with Gasteiger partial charge in [-0.15, -0.1) is 0 Å². The zero-order valence-electron chi connectivity index (χ0n) is 14.9. The highest BCUT2D eigenvalue weighted by atomic mass is 15.2. The van der Waals surface area contributed by atoms with Crippen molar-refractivity contribution in [3.05, 3.63) is 23.8 Å². The van der Waals surface area contributed by atoms with Crippen LogP contribution in [0.15, 0.2) is 12.4 Å². The van der Waals surface area contributed by atoms with Crippen LogP contribution >= 0.6 is 0 Å². The molecule has 1 saturated heterocycles. The van der Waals surface area contributed by atoms with Gasteiger partial charge in [0.2, 0.25) is 0 Å². The Morgan fingerprint density at radius 1 is 0.917 bits per heavy atom. The summed E-state index contributed by atoms with van der Waals surface area (Å²) in [5, 5.41) is 3.76. The summed E-state index contributed by atoms with van der Waals surface area (Å²) in [6, 6.07) is 1.60. The van der Waals surface area contributed by atoms with Gasteiger partial charge in [0.1, 0.15) is 5.82 Å². The summed E-state index contributed by atoms with van der Waals surface area (Å²) in [5.74, 6) is 1.72. The van der Waals surface area contributed by atoms with Gasteiger partial charge in [-0.3, -0.25) is 0 Å². The van der Waals surface area contributed by atoms with Crippen LogP contribution in [0.1, 0.15) is 75.1 Å². The molecule has 4 heteroatoms. The topological polar surface area (TPSA) is 41.1 Å². The van der Waals surface area contributed by atoms with Crippen LogP contribution < -0.4 is 5.32 Å². The average Bonchev–Trinajstić information content (AvgIpc) is 3.49. The van der Waals surface area contributed by atoms with Crippen molar-refractivity contribution in [1.82, 2.24) is 20.2 Å². The van der Waals surface area contributed by atoms with E-state index in [9.17, 15) is 0 Å². The second-order valence-electron chi connectivity index (χ2n) is 8.03. The first-order valence-electron chi connectivity index (χ1n) is 10.2. The molecule has 0 bridgehead atoms. The molecular formula is C20H32N4. The van der Waals surface area contributed by atoms with Gasteiger partial charge in [0, 0.05) is 30.4 Å². The third kappa shape index (κ3) is 4.34. The summed E-state index contributed by atoms with van der Waals surface area (Å²) in [4.78, 5) is 11.8. The van der Waals surface area contributed by atoms with E-state index >= 15 is 0 Å². The van der Waals surface area contributed by atoms with E-state index < -0.39 is 0 Å². The minimum Gasteiger partial charge on any atom is -0.314 e. The van der Waals surface area contributed by atoms with Crippen molar-refractivity contribution < 1.29 is 0 Å². The van der Waals surface area contributed by atoms with Crippen LogP contribution in [0.5, 0.6) is 0 Å². The molecule has 2 saturated carbocycles. The Kier molecular flexibility index (Phi) is 5.43. The summed E-state index contributed by atoms with van der Waals surface area (Å²) in [6.45, 7) is 3.64. The van der Waals surface area contributed by atoms with Gasteiger partial charge in [-0.25, -0.2) is 9.97 Å². The van der Waals surface area contributed by atoms with Gasteiger partial charge >= 0.3 is 0 Å². The minimum atomic E-state index is 0.659. The number of piperidine rings is 1. The van der Waals surface area contributed by atoms with Gasteiger partial charge in [0.15, 0.2) is 0 Å². The predicted molar refractivity (Wildman–Crippen MR) is 97.2 cm³/mol. The van der Waals surface area contributed by atoms with Crippen LogP contribution in [0.3, 0.4) is 0 Å². The normalized spacial score (nSPS) is 24.3. The molecule has 3 aliphatic rings. The minimum absolute atomic E-state index is 0.659. The molecule has 4 rings (SSSR count). The Morgan fingerprint density at radius 3 is 2.29 bits per heavy atom. The third-order valence-electron chi connectivity index (χ3n) is 6.14. The maximum Gasteiger partial charge on any atom is 0.131 e. The van der Waals surface area contributed by atoms with E-state index in [1.807, 2.05) is 12.4 Å². The van der Waals surface area contributed by atoms with E-state index in [0.717, 1.165) is 24.8 Å². The van der Waals surface area contributed by atoms with Crippen molar-refractivity contribution >= 4 is 0 Å². The molecule has 0 atom stereocenters. The van der Waals surface area contributed by atoms with Crippen molar-refractivity contribution in [3.8, 4) is 0 Å². The lowest BCUT2D eigenvalue weighted by Crippen LogP contribution is -2.47. The first-order valence-corrected chi connectivity index (χ1v) is 10.2. The summed E-state index contributed by atoms with van der Waals surface area (Å²) in [5.41, 5.74) is 1.27. The molecule has 1 aromatic heterocycles. The highest BCUT2D eigenvalue weighted by Crippen LogP contribution is 2.37. The van der Waals surface area contributed by atoms with E-state index in [-0.39, 0.29) is 0 Å². The van der Waals surface area contributed by atoms with Gasteiger partial charge in [-0.05, 0) is 70.1 Å². The summed E-state index contributed by atoms with van der Waals surface area (Å²) >= 11 is 0. The second-order valence-corrected chi connectivity index (χ2v) is 8.03. The maximum atomic E-state index is 4.52. The number of rotatable bonds is 6. The van der Waals surface area contributed by atoms with E-state index in [2.05, 4.69) is 20.2 Å². The summed E-state index contributed by atoms with van der Waals surface area (Å²) in [6.07, 6.45) is 17.5. The molecule has 1 N–H and O–H groups in total. The van der Waals surface area contributed by atoms with Crippen LogP contribution in [0, 0.1) is 0 Å². The molecular weight excluding hydrogens is 296 g/mol. The first kappa shape index (κ1) is 16.5. The van der Waals surface area contributed by atoms with Gasteiger partial charge < -0.3 is 10.2 Å². The molecule has 0 amide bonds. The van der Waals surface area contributed by atoms with Gasteiger partial charge in [-0.2, -0.15) is 0 Å². The Morgan fingerprint density at radius 2 is 1.62 bits per heavy atom.